The first-order valence-corrected chi connectivity index (χ1v) is 14.5. The van der Waals surface area contributed by atoms with Crippen LogP contribution in [-0.4, -0.2) is 15.8 Å². The lowest BCUT2D eigenvalue weighted by Gasteiger charge is -2.34. The van der Waals surface area contributed by atoms with E-state index < -0.39 is 5.82 Å². The molecule has 0 bridgehead atoms. The molecule has 0 unspecified atom stereocenters. The number of nitrogens with zero attached hydrogens (tertiary/aromatic N) is 4. The molecule has 6 aromatic carbocycles. The first-order chi connectivity index (χ1) is 21.7. The van der Waals surface area contributed by atoms with E-state index in [2.05, 4.69) is 117 Å². The minimum Gasteiger partial charge on any atom is -0.310 e. The van der Waals surface area contributed by atoms with E-state index in [4.69, 9.17) is 6.57 Å². The summed E-state index contributed by atoms with van der Waals surface area (Å²) in [6.07, 6.45) is 0. The van der Waals surface area contributed by atoms with Gasteiger partial charge in [0.15, 0.2) is 5.69 Å². The highest BCUT2D eigenvalue weighted by Crippen LogP contribution is 2.42. The predicted octanol–water partition coefficient (Wildman–Crippen LogP) is 7.25. The van der Waals surface area contributed by atoms with Crippen LogP contribution in [0.5, 0.6) is 0 Å². The van der Waals surface area contributed by atoms with Crippen LogP contribution in [0.15, 0.2) is 109 Å². The van der Waals surface area contributed by atoms with Crippen LogP contribution in [0.25, 0.3) is 71.0 Å². The Morgan fingerprint density at radius 1 is 0.682 bits per heavy atom. The maximum Gasteiger partial charge on any atom is 0.252 e. The minimum absolute atomic E-state index is 0.0148. The summed E-state index contributed by atoms with van der Waals surface area (Å²) in [7, 11) is 0. The Labute approximate surface area is 251 Å². The zero-order chi connectivity index (χ0) is 29.3. The third kappa shape index (κ3) is 2.67. The number of halogens is 1. The molecule has 0 saturated carbocycles. The molecule has 44 heavy (non-hydrogen) atoms. The molecular formula is C38H18BFN4. The van der Waals surface area contributed by atoms with Crippen LogP contribution in [0.3, 0.4) is 0 Å². The van der Waals surface area contributed by atoms with E-state index in [9.17, 15) is 9.65 Å². The molecule has 10 rings (SSSR count). The molecule has 0 N–H and O–H groups in total. The maximum absolute atomic E-state index is 14.6. The van der Waals surface area contributed by atoms with Gasteiger partial charge in [0.05, 0.1) is 29.2 Å². The number of nitriles is 1. The third-order valence-electron chi connectivity index (χ3n) is 9.59. The molecule has 2 aromatic heterocycles. The smallest absolute Gasteiger partial charge is 0.252 e. The second-order valence-electron chi connectivity index (χ2n) is 11.6. The van der Waals surface area contributed by atoms with Gasteiger partial charge in [0, 0.05) is 49.5 Å². The van der Waals surface area contributed by atoms with Crippen LogP contribution >= 0.6 is 0 Å². The molecule has 0 aliphatic carbocycles. The lowest BCUT2D eigenvalue weighted by atomic mass is 9.34. The Morgan fingerprint density at radius 2 is 1.23 bits per heavy atom. The van der Waals surface area contributed by atoms with Crippen LogP contribution in [0.2, 0.25) is 0 Å². The van der Waals surface area contributed by atoms with Crippen molar-refractivity contribution in [1.82, 2.24) is 9.13 Å². The number of rotatable bonds is 1. The van der Waals surface area contributed by atoms with Gasteiger partial charge in [-0.3, -0.25) is 0 Å². The van der Waals surface area contributed by atoms with E-state index in [0.29, 0.717) is 5.56 Å². The first kappa shape index (κ1) is 23.5. The molecular weight excluding hydrogens is 542 g/mol. The van der Waals surface area contributed by atoms with E-state index in [0.717, 1.165) is 28.0 Å². The van der Waals surface area contributed by atoms with E-state index in [1.165, 1.54) is 61.1 Å². The molecule has 8 aromatic rings. The second-order valence-corrected chi connectivity index (χ2v) is 11.6. The van der Waals surface area contributed by atoms with Crippen LogP contribution in [0, 0.1) is 23.7 Å². The van der Waals surface area contributed by atoms with Gasteiger partial charge < -0.3 is 9.13 Å². The molecule has 4 heterocycles. The molecule has 6 heteroatoms. The van der Waals surface area contributed by atoms with Crippen LogP contribution in [0.4, 0.5) is 10.1 Å². The molecule has 0 saturated heterocycles. The number of aromatic nitrogens is 2. The molecule has 2 aliphatic heterocycles. The van der Waals surface area contributed by atoms with Crippen LogP contribution in [-0.2, 0) is 0 Å². The van der Waals surface area contributed by atoms with Crippen molar-refractivity contribution in [3.63, 3.8) is 0 Å². The minimum atomic E-state index is -0.588. The molecule has 0 amide bonds. The van der Waals surface area contributed by atoms with Crippen LogP contribution < -0.4 is 16.4 Å². The summed E-state index contributed by atoms with van der Waals surface area (Å²) < 4.78 is 19.3. The van der Waals surface area contributed by atoms with Gasteiger partial charge in [0.1, 0.15) is 5.82 Å². The third-order valence-corrected chi connectivity index (χ3v) is 9.59. The van der Waals surface area contributed by atoms with Gasteiger partial charge in [0.25, 0.3) is 6.71 Å². The Kier molecular flexibility index (Phi) is 4.29. The zero-order valence-electron chi connectivity index (χ0n) is 23.1. The van der Waals surface area contributed by atoms with Gasteiger partial charge in [-0.2, -0.15) is 5.26 Å². The van der Waals surface area contributed by atoms with Crippen molar-refractivity contribution in [1.29, 1.82) is 5.26 Å². The van der Waals surface area contributed by atoms with Gasteiger partial charge in [-0.05, 0) is 58.4 Å². The summed E-state index contributed by atoms with van der Waals surface area (Å²) >= 11 is 0. The lowest BCUT2D eigenvalue weighted by Crippen LogP contribution is -2.59. The molecule has 0 atom stereocenters. The van der Waals surface area contributed by atoms with Crippen molar-refractivity contribution in [2.24, 2.45) is 0 Å². The fraction of sp³-hybridized carbons (Fsp3) is 0. The summed E-state index contributed by atoms with van der Waals surface area (Å²) in [4.78, 5) is 3.69. The maximum atomic E-state index is 14.6. The standard InChI is InChI=1S/C38H18BFN4/c1-42-30-19-23(40)16-22(20-41)35(30)21-17-33-36-34(18-21)44-32-15-5-3-9-25(32)27-11-7-13-29(38(27)44)39(36)28-12-6-10-26-24-8-2-4-14-31(24)43(33)37(26)28/h2-19H. The molecule has 0 fully saturated rings. The highest BCUT2D eigenvalue weighted by atomic mass is 19.1. The number of para-hydroxylation sites is 4. The quantitative estimate of drug-likeness (QED) is 0.154. The average Bonchev–Trinajstić information content (AvgIpc) is 3.59. The van der Waals surface area contributed by atoms with Crippen molar-refractivity contribution < 1.29 is 4.39 Å². The van der Waals surface area contributed by atoms with Crippen molar-refractivity contribution in [2.75, 3.05) is 0 Å². The highest BCUT2D eigenvalue weighted by Gasteiger charge is 2.41. The molecule has 4 nitrogen and oxygen atoms in total. The Balaban J connectivity index is 1.48. The zero-order valence-corrected chi connectivity index (χ0v) is 23.1. The summed E-state index contributed by atoms with van der Waals surface area (Å²) in [6.45, 7) is 7.90. The number of benzene rings is 6. The largest absolute Gasteiger partial charge is 0.310 e. The SMILES string of the molecule is [C-]#[N+]c1cc(F)cc(C#N)c1-c1cc2c3c(c1)-n1c4ccccc4c4cccc(c41)B3c1cccc3c4ccccc4n-2c13. The number of hydrogen-bond donors (Lipinski definition) is 0. The van der Waals surface area contributed by atoms with Crippen molar-refractivity contribution >= 4 is 72.4 Å². The van der Waals surface area contributed by atoms with Gasteiger partial charge in [0.2, 0.25) is 0 Å². The number of fused-ring (bicyclic) bond motifs is 10. The second kappa shape index (κ2) is 8.04. The Hall–Kier alpha value is -6.11. The van der Waals surface area contributed by atoms with Crippen molar-refractivity contribution in [3.8, 4) is 28.6 Å². The van der Waals surface area contributed by atoms with Crippen molar-refractivity contribution in [3.05, 3.63) is 132 Å². The molecule has 0 spiro atoms. The monoisotopic (exact) mass is 560 g/mol. The summed E-state index contributed by atoms with van der Waals surface area (Å²) in [5.41, 5.74) is 11.7. The van der Waals surface area contributed by atoms with Crippen molar-refractivity contribution in [2.45, 2.75) is 0 Å². The van der Waals surface area contributed by atoms with Gasteiger partial charge in [-0.25, -0.2) is 9.24 Å². The molecule has 2 aliphatic rings. The average molecular weight is 560 g/mol. The highest BCUT2D eigenvalue weighted by molar-refractivity contribution is 7.00. The first-order valence-electron chi connectivity index (χ1n) is 14.5. The fourth-order valence-corrected chi connectivity index (χ4v) is 8.04. The lowest BCUT2D eigenvalue weighted by molar-refractivity contribution is 0.628. The predicted molar refractivity (Wildman–Crippen MR) is 176 cm³/mol. The summed E-state index contributed by atoms with van der Waals surface area (Å²) in [5, 5.41) is 14.9. The van der Waals surface area contributed by atoms with E-state index in [1.54, 1.807) is 0 Å². The number of hydrogen-bond acceptors (Lipinski definition) is 1. The topological polar surface area (TPSA) is 38.0 Å². The summed E-state index contributed by atoms with van der Waals surface area (Å²) in [5.74, 6) is -0.588. The van der Waals surface area contributed by atoms with E-state index in [1.807, 2.05) is 0 Å². The Bertz CT molecular complexity index is 2540. The van der Waals surface area contributed by atoms with Crippen LogP contribution in [0.1, 0.15) is 5.56 Å². The molecule has 0 radical (unpaired) electrons. The van der Waals surface area contributed by atoms with Gasteiger partial charge in [-0.1, -0.05) is 72.8 Å². The fourth-order valence-electron chi connectivity index (χ4n) is 8.04. The van der Waals surface area contributed by atoms with E-state index >= 15 is 0 Å². The van der Waals surface area contributed by atoms with Gasteiger partial charge in [-0.15, -0.1) is 0 Å². The van der Waals surface area contributed by atoms with Gasteiger partial charge >= 0.3 is 0 Å². The Morgan fingerprint density at radius 3 is 1.77 bits per heavy atom. The summed E-state index contributed by atoms with van der Waals surface area (Å²) in [6, 6.07) is 39.0. The normalized spacial score (nSPS) is 12.6. The molecule has 200 valence electrons. The van der Waals surface area contributed by atoms with E-state index in [-0.39, 0.29) is 18.0 Å².